The molecule has 1 saturated heterocycles. The van der Waals surface area contributed by atoms with E-state index in [1.807, 2.05) is 36.4 Å². The average Bonchev–Trinajstić information content (AvgIpc) is 3.14. The number of ether oxygens (including phenoxy) is 2. The zero-order valence-corrected chi connectivity index (χ0v) is 14.0. The molecule has 4 heteroatoms. The van der Waals surface area contributed by atoms with Crippen molar-refractivity contribution in [2.24, 2.45) is 0 Å². The number of anilines is 1. The Kier molecular flexibility index (Phi) is 5.49. The Morgan fingerprint density at radius 2 is 1.92 bits per heavy atom. The molecule has 1 aliphatic rings. The van der Waals surface area contributed by atoms with Gasteiger partial charge in [-0.1, -0.05) is 19.1 Å². The van der Waals surface area contributed by atoms with Crippen LogP contribution in [0.3, 0.4) is 0 Å². The Bertz CT molecular complexity index is 658. The molecule has 126 valence electrons. The van der Waals surface area contributed by atoms with Crippen LogP contribution < -0.4 is 10.1 Å². The van der Waals surface area contributed by atoms with Gasteiger partial charge in [-0.05, 0) is 61.2 Å². The van der Waals surface area contributed by atoms with Crippen molar-refractivity contribution >= 4 is 11.6 Å². The molecular weight excluding hydrogens is 302 g/mol. The first-order valence-electron chi connectivity index (χ1n) is 8.49. The van der Waals surface area contributed by atoms with E-state index in [4.69, 9.17) is 9.47 Å². The van der Waals surface area contributed by atoms with Crippen molar-refractivity contribution in [3.8, 4) is 5.75 Å². The van der Waals surface area contributed by atoms with Crippen LogP contribution in [0, 0.1) is 0 Å². The van der Waals surface area contributed by atoms with Crippen LogP contribution in [0.2, 0.25) is 0 Å². The molecule has 0 radical (unpaired) electrons. The maximum atomic E-state index is 12.3. The van der Waals surface area contributed by atoms with E-state index in [0.717, 1.165) is 37.3 Å². The van der Waals surface area contributed by atoms with E-state index in [-0.39, 0.29) is 12.0 Å². The molecule has 0 spiro atoms. The van der Waals surface area contributed by atoms with Crippen LogP contribution in [0.15, 0.2) is 48.5 Å². The van der Waals surface area contributed by atoms with Gasteiger partial charge in [0.15, 0.2) is 0 Å². The Labute approximate surface area is 142 Å². The second kappa shape index (κ2) is 7.97. The van der Waals surface area contributed by atoms with E-state index < -0.39 is 0 Å². The van der Waals surface area contributed by atoms with Crippen LogP contribution in [-0.2, 0) is 11.2 Å². The van der Waals surface area contributed by atoms with Crippen LogP contribution in [0.5, 0.6) is 5.75 Å². The van der Waals surface area contributed by atoms with Crippen LogP contribution in [-0.4, -0.2) is 25.2 Å². The molecule has 1 unspecified atom stereocenters. The average molecular weight is 325 g/mol. The third-order valence-corrected chi connectivity index (χ3v) is 4.20. The Morgan fingerprint density at radius 3 is 2.54 bits per heavy atom. The number of nitrogens with one attached hydrogen (secondary N) is 1. The summed E-state index contributed by atoms with van der Waals surface area (Å²) in [5.41, 5.74) is 2.66. The van der Waals surface area contributed by atoms with Gasteiger partial charge in [0.2, 0.25) is 0 Å². The van der Waals surface area contributed by atoms with E-state index in [9.17, 15) is 4.79 Å². The summed E-state index contributed by atoms with van der Waals surface area (Å²) >= 11 is 0. The Morgan fingerprint density at radius 1 is 1.17 bits per heavy atom. The molecule has 1 fully saturated rings. The normalized spacial score (nSPS) is 16.8. The number of carbonyl (C=O) groups excluding carboxylic acids is 1. The maximum Gasteiger partial charge on any atom is 0.255 e. The Hall–Kier alpha value is -2.33. The molecule has 4 nitrogen and oxygen atoms in total. The number of benzene rings is 2. The van der Waals surface area contributed by atoms with Crippen LogP contribution in [0.25, 0.3) is 0 Å². The van der Waals surface area contributed by atoms with Crippen molar-refractivity contribution in [3.63, 3.8) is 0 Å². The minimum atomic E-state index is -0.120. The van der Waals surface area contributed by atoms with Gasteiger partial charge >= 0.3 is 0 Å². The summed E-state index contributed by atoms with van der Waals surface area (Å²) in [5, 5.41) is 2.91. The molecule has 1 aliphatic heterocycles. The lowest BCUT2D eigenvalue weighted by atomic mass is 10.1. The number of carbonyl (C=O) groups is 1. The molecule has 1 N–H and O–H groups in total. The summed E-state index contributed by atoms with van der Waals surface area (Å²) in [6.07, 6.45) is 3.34. The summed E-state index contributed by atoms with van der Waals surface area (Å²) < 4.78 is 11.2. The molecule has 2 aromatic rings. The fourth-order valence-electron chi connectivity index (χ4n) is 2.69. The van der Waals surface area contributed by atoms with E-state index >= 15 is 0 Å². The van der Waals surface area contributed by atoms with Crippen molar-refractivity contribution in [3.05, 3.63) is 59.7 Å². The molecule has 0 saturated carbocycles. The third-order valence-electron chi connectivity index (χ3n) is 4.20. The molecule has 3 rings (SSSR count). The van der Waals surface area contributed by atoms with E-state index in [1.54, 1.807) is 12.1 Å². The highest BCUT2D eigenvalue weighted by Gasteiger charge is 2.16. The fraction of sp³-hybridized carbons (Fsp3) is 0.350. The second-order valence-electron chi connectivity index (χ2n) is 5.98. The molecule has 0 aliphatic carbocycles. The highest BCUT2D eigenvalue weighted by atomic mass is 16.5. The van der Waals surface area contributed by atoms with Crippen molar-refractivity contribution < 1.29 is 14.3 Å². The molecule has 1 amide bonds. The lowest BCUT2D eigenvalue weighted by Gasteiger charge is -2.12. The molecule has 1 atom stereocenters. The lowest BCUT2D eigenvalue weighted by Crippen LogP contribution is -2.16. The first kappa shape index (κ1) is 16.5. The van der Waals surface area contributed by atoms with Gasteiger partial charge in [-0.3, -0.25) is 4.79 Å². The largest absolute Gasteiger partial charge is 0.491 e. The summed E-state index contributed by atoms with van der Waals surface area (Å²) in [6, 6.07) is 15.1. The second-order valence-corrected chi connectivity index (χ2v) is 5.98. The van der Waals surface area contributed by atoms with Crippen molar-refractivity contribution in [1.82, 2.24) is 0 Å². The van der Waals surface area contributed by atoms with Gasteiger partial charge in [0.25, 0.3) is 5.91 Å². The zero-order valence-electron chi connectivity index (χ0n) is 14.0. The summed E-state index contributed by atoms with van der Waals surface area (Å²) in [6.45, 7) is 3.50. The lowest BCUT2D eigenvalue weighted by molar-refractivity contribution is 0.0679. The molecule has 2 aromatic carbocycles. The summed E-state index contributed by atoms with van der Waals surface area (Å²) in [5.74, 6) is 0.638. The van der Waals surface area contributed by atoms with Crippen LogP contribution >= 0.6 is 0 Å². The van der Waals surface area contributed by atoms with E-state index in [2.05, 4.69) is 12.2 Å². The minimum Gasteiger partial charge on any atom is -0.491 e. The van der Waals surface area contributed by atoms with E-state index in [1.165, 1.54) is 5.56 Å². The van der Waals surface area contributed by atoms with Crippen molar-refractivity contribution in [2.45, 2.75) is 32.3 Å². The quantitative estimate of drug-likeness (QED) is 0.871. The maximum absolute atomic E-state index is 12.3. The van der Waals surface area contributed by atoms with Gasteiger partial charge in [0.05, 0.1) is 6.10 Å². The van der Waals surface area contributed by atoms with E-state index in [0.29, 0.717) is 12.2 Å². The predicted octanol–water partition coefficient (Wildman–Crippen LogP) is 4.06. The summed E-state index contributed by atoms with van der Waals surface area (Å²) in [7, 11) is 0. The first-order chi connectivity index (χ1) is 11.7. The van der Waals surface area contributed by atoms with Gasteiger partial charge in [0, 0.05) is 17.9 Å². The molecule has 0 bridgehead atoms. The number of rotatable bonds is 6. The van der Waals surface area contributed by atoms with Crippen molar-refractivity contribution in [2.75, 3.05) is 18.5 Å². The van der Waals surface area contributed by atoms with Gasteiger partial charge < -0.3 is 14.8 Å². The van der Waals surface area contributed by atoms with Crippen LogP contribution in [0.1, 0.15) is 35.7 Å². The number of amides is 1. The molecule has 24 heavy (non-hydrogen) atoms. The van der Waals surface area contributed by atoms with Gasteiger partial charge in [-0.2, -0.15) is 0 Å². The standard InChI is InChI=1S/C20H23NO3/c1-2-15-5-9-17(10-6-15)21-20(22)16-7-11-18(12-8-16)24-14-19-4-3-13-23-19/h5-12,19H,2-4,13-14H2,1H3,(H,21,22). The smallest absolute Gasteiger partial charge is 0.255 e. The highest BCUT2D eigenvalue weighted by molar-refractivity contribution is 6.04. The molecule has 0 aromatic heterocycles. The first-order valence-corrected chi connectivity index (χ1v) is 8.49. The van der Waals surface area contributed by atoms with Crippen molar-refractivity contribution in [1.29, 1.82) is 0 Å². The van der Waals surface area contributed by atoms with Gasteiger partial charge in [-0.25, -0.2) is 0 Å². The third kappa shape index (κ3) is 4.36. The fourth-order valence-corrected chi connectivity index (χ4v) is 2.69. The van der Waals surface area contributed by atoms with Gasteiger partial charge in [0.1, 0.15) is 12.4 Å². The number of hydrogen-bond donors (Lipinski definition) is 1. The zero-order chi connectivity index (χ0) is 16.8. The Balaban J connectivity index is 1.54. The minimum absolute atomic E-state index is 0.120. The topological polar surface area (TPSA) is 47.6 Å². The summed E-state index contributed by atoms with van der Waals surface area (Å²) in [4.78, 5) is 12.3. The number of hydrogen-bond acceptors (Lipinski definition) is 3. The molecular formula is C20H23NO3. The number of aryl methyl sites for hydroxylation is 1. The van der Waals surface area contributed by atoms with Crippen LogP contribution in [0.4, 0.5) is 5.69 Å². The predicted molar refractivity (Wildman–Crippen MR) is 94.7 cm³/mol. The monoisotopic (exact) mass is 325 g/mol. The SMILES string of the molecule is CCc1ccc(NC(=O)c2ccc(OCC3CCCO3)cc2)cc1. The molecule has 1 heterocycles. The highest BCUT2D eigenvalue weighted by Crippen LogP contribution is 2.17. The van der Waals surface area contributed by atoms with Gasteiger partial charge in [-0.15, -0.1) is 0 Å².